The van der Waals surface area contributed by atoms with Crippen LogP contribution in [0, 0.1) is 0 Å². The van der Waals surface area contributed by atoms with Gasteiger partial charge in [0.05, 0.1) is 34.6 Å². The fourth-order valence-electron chi connectivity index (χ4n) is 7.10. The Labute approximate surface area is 304 Å². The molecule has 8 rings (SSSR count). The van der Waals surface area contributed by atoms with E-state index in [9.17, 15) is 27.6 Å². The second kappa shape index (κ2) is 13.3. The number of thiazole rings is 1. The summed E-state index contributed by atoms with van der Waals surface area (Å²) in [5.41, 5.74) is 4.74. The summed E-state index contributed by atoms with van der Waals surface area (Å²) in [5, 5.41) is 9.05. The van der Waals surface area contributed by atoms with Gasteiger partial charge in [0.1, 0.15) is 5.69 Å². The Bertz CT molecular complexity index is 2380. The maximum absolute atomic E-state index is 14.6. The van der Waals surface area contributed by atoms with Crippen molar-refractivity contribution in [1.29, 1.82) is 0 Å². The van der Waals surface area contributed by atoms with Crippen molar-refractivity contribution >= 4 is 45.6 Å². The van der Waals surface area contributed by atoms with Crippen molar-refractivity contribution in [2.75, 3.05) is 24.5 Å². The van der Waals surface area contributed by atoms with E-state index in [1.165, 1.54) is 24.6 Å². The molecule has 0 spiro atoms. The van der Waals surface area contributed by atoms with Gasteiger partial charge in [0.25, 0.3) is 17.7 Å². The first-order chi connectivity index (χ1) is 25.5. The number of aryl methyl sites for hydroxylation is 2. The largest absolute Gasteiger partial charge is 0.435 e. The van der Waals surface area contributed by atoms with Gasteiger partial charge >= 0.3 is 6.18 Å². The lowest BCUT2D eigenvalue weighted by molar-refractivity contribution is -0.141. The van der Waals surface area contributed by atoms with Gasteiger partial charge in [-0.05, 0) is 65.4 Å². The molecule has 0 aliphatic carbocycles. The monoisotopic (exact) mass is 739 g/mol. The summed E-state index contributed by atoms with van der Waals surface area (Å²) in [7, 11) is 1.44. The molecular formula is C37H32F3N9O3S. The van der Waals surface area contributed by atoms with Crippen LogP contribution in [-0.2, 0) is 32.6 Å². The van der Waals surface area contributed by atoms with Crippen LogP contribution in [0.15, 0.2) is 72.3 Å². The van der Waals surface area contributed by atoms with E-state index in [4.69, 9.17) is 0 Å². The summed E-state index contributed by atoms with van der Waals surface area (Å²) < 4.78 is 45.6. The molecule has 6 aromatic rings. The third kappa shape index (κ3) is 6.32. The Morgan fingerprint density at radius 1 is 1.04 bits per heavy atom. The topological polar surface area (TPSA) is 131 Å². The Morgan fingerprint density at radius 3 is 2.57 bits per heavy atom. The van der Waals surface area contributed by atoms with Crippen molar-refractivity contribution in [3.05, 3.63) is 112 Å². The zero-order chi connectivity index (χ0) is 37.0. The fraction of sp³-hybridized carbons (Fsp3) is 0.270. The second-order valence-corrected chi connectivity index (χ2v) is 13.9. The number of amides is 3. The molecule has 0 unspecified atom stereocenters. The number of anilines is 1. The molecule has 0 atom stereocenters. The summed E-state index contributed by atoms with van der Waals surface area (Å²) in [5.74, 6) is -0.907. The minimum Gasteiger partial charge on any atom is -0.346 e. The van der Waals surface area contributed by atoms with Crippen LogP contribution in [0.25, 0.3) is 22.0 Å². The number of benzene rings is 2. The molecule has 0 bridgehead atoms. The molecule has 3 amide bonds. The number of carbonyl (C=O) groups excluding carboxylic acids is 3. The van der Waals surface area contributed by atoms with Crippen LogP contribution in [0.4, 0.5) is 18.9 Å². The van der Waals surface area contributed by atoms with Gasteiger partial charge in [0.15, 0.2) is 5.69 Å². The molecule has 12 nitrogen and oxygen atoms in total. The normalized spacial score (nSPS) is 14.8. The van der Waals surface area contributed by atoms with E-state index in [0.29, 0.717) is 64.0 Å². The maximum atomic E-state index is 14.6. The minimum absolute atomic E-state index is 0.0929. The maximum Gasteiger partial charge on any atom is 0.435 e. The van der Waals surface area contributed by atoms with E-state index in [0.717, 1.165) is 10.2 Å². The molecule has 1 saturated heterocycles. The van der Waals surface area contributed by atoms with Gasteiger partial charge in [-0.2, -0.15) is 18.3 Å². The first-order valence-corrected chi connectivity index (χ1v) is 17.9. The zero-order valence-electron chi connectivity index (χ0n) is 28.6. The molecule has 1 N–H and O–H groups in total. The summed E-state index contributed by atoms with van der Waals surface area (Å²) in [6, 6.07) is 8.61. The summed E-state index contributed by atoms with van der Waals surface area (Å²) in [6.07, 6.45) is 4.01. The average molecular weight is 740 g/mol. The number of likely N-dealkylation sites (tertiary alicyclic amines) is 1. The Kier molecular flexibility index (Phi) is 8.55. The van der Waals surface area contributed by atoms with Gasteiger partial charge in [-0.15, -0.1) is 11.3 Å². The summed E-state index contributed by atoms with van der Waals surface area (Å²) in [4.78, 5) is 56.9. The van der Waals surface area contributed by atoms with Gasteiger partial charge in [0.2, 0.25) is 0 Å². The van der Waals surface area contributed by atoms with E-state index >= 15 is 0 Å². The van der Waals surface area contributed by atoms with Crippen LogP contribution < -0.4 is 10.2 Å². The lowest BCUT2D eigenvalue weighted by atomic mass is 9.87. The van der Waals surface area contributed by atoms with E-state index < -0.39 is 11.9 Å². The van der Waals surface area contributed by atoms with Crippen LogP contribution in [0.1, 0.15) is 60.5 Å². The predicted molar refractivity (Wildman–Crippen MR) is 191 cm³/mol. The highest BCUT2D eigenvalue weighted by atomic mass is 32.1. The minimum atomic E-state index is -4.71. The van der Waals surface area contributed by atoms with Crippen LogP contribution >= 0.6 is 11.3 Å². The molecule has 270 valence electrons. The Balaban J connectivity index is 1.14. The number of carbonyl (C=O) groups is 3. The van der Waals surface area contributed by atoms with Gasteiger partial charge in [-0.1, -0.05) is 6.92 Å². The third-order valence-electron chi connectivity index (χ3n) is 9.66. The highest BCUT2D eigenvalue weighted by Gasteiger charge is 2.39. The quantitative estimate of drug-likeness (QED) is 0.222. The number of nitrogens with zero attached hydrogens (tertiary/aromatic N) is 8. The second-order valence-electron chi connectivity index (χ2n) is 13.2. The molecule has 0 saturated carbocycles. The number of imidazole rings is 1. The Morgan fingerprint density at radius 2 is 1.85 bits per heavy atom. The predicted octanol–water partition coefficient (Wildman–Crippen LogP) is 5.38. The molecule has 2 aromatic carbocycles. The number of alkyl halides is 3. The highest BCUT2D eigenvalue weighted by molar-refractivity contribution is 7.07. The van der Waals surface area contributed by atoms with Crippen molar-refractivity contribution in [3.63, 3.8) is 0 Å². The lowest BCUT2D eigenvalue weighted by Gasteiger charge is -2.39. The number of hydrogen-bond donors (Lipinski definition) is 1. The number of hydrogen-bond acceptors (Lipinski definition) is 8. The molecule has 6 heterocycles. The van der Waals surface area contributed by atoms with Crippen LogP contribution in [0.5, 0.6) is 0 Å². The Hall–Kier alpha value is -5.90. The summed E-state index contributed by atoms with van der Waals surface area (Å²) in [6.45, 7) is 3.13. The fourth-order valence-corrected chi connectivity index (χ4v) is 7.63. The number of rotatable bonds is 8. The first kappa shape index (κ1) is 34.2. The van der Waals surface area contributed by atoms with Crippen LogP contribution in [-0.4, -0.2) is 77.6 Å². The zero-order valence-corrected chi connectivity index (χ0v) is 29.4. The van der Waals surface area contributed by atoms with Crippen LogP contribution in [0.3, 0.4) is 0 Å². The van der Waals surface area contributed by atoms with Gasteiger partial charge in [-0.3, -0.25) is 24.0 Å². The summed E-state index contributed by atoms with van der Waals surface area (Å²) >= 11 is 1.34. The van der Waals surface area contributed by atoms with Crippen molar-refractivity contribution < 1.29 is 27.6 Å². The van der Waals surface area contributed by atoms with E-state index in [1.807, 2.05) is 13.0 Å². The third-order valence-corrected chi connectivity index (χ3v) is 10.2. The SMILES string of the molecule is CCc1cc(C(=O)NC2CN(C(=O)c3cscn3)C2)c2nccc(N3CCc4c(cc(Cn5ccnc5)cc4-c4cn(C)nc4C(F)(F)F)C3=O)c2c1. The van der Waals surface area contributed by atoms with Gasteiger partial charge in [0, 0.05) is 79.9 Å². The molecule has 0 radical (unpaired) electrons. The molecule has 53 heavy (non-hydrogen) atoms. The first-order valence-electron chi connectivity index (χ1n) is 16.9. The van der Waals surface area contributed by atoms with Crippen molar-refractivity contribution in [1.82, 2.24) is 39.5 Å². The standard InChI is InChI=1S/C37H32F3N9O3S/c1-3-21-10-27-31(4-6-42-32(27)28(11-21)34(50)44-23-15-48(16-23)36(52)30-18-53-20-43-30)49-8-5-24-25(29-17-46(2)45-33(29)37(38,39)40)12-22(13-26(24)35(49)51)14-47-9-7-41-19-47/h4,6-7,9-13,17-20,23H,3,5,8,14-16H2,1-2H3,(H,44,50). The van der Waals surface area contributed by atoms with Crippen LogP contribution in [0.2, 0.25) is 0 Å². The number of halogens is 3. The van der Waals surface area contributed by atoms with Crippen molar-refractivity contribution in [3.8, 4) is 11.1 Å². The number of nitrogens with one attached hydrogen (secondary N) is 1. The van der Waals surface area contributed by atoms with Crippen molar-refractivity contribution in [2.45, 2.75) is 38.5 Å². The van der Waals surface area contributed by atoms with E-state index in [2.05, 4.69) is 25.4 Å². The van der Waals surface area contributed by atoms with Gasteiger partial charge < -0.3 is 19.7 Å². The molecular weight excluding hydrogens is 708 g/mol. The molecule has 4 aromatic heterocycles. The molecule has 16 heteroatoms. The number of aromatic nitrogens is 6. The lowest BCUT2D eigenvalue weighted by Crippen LogP contribution is -2.61. The number of fused-ring (bicyclic) bond motifs is 2. The van der Waals surface area contributed by atoms with Crippen molar-refractivity contribution in [2.24, 2.45) is 7.05 Å². The average Bonchev–Trinajstić information content (AvgIpc) is 3.92. The number of pyridine rings is 1. The molecule has 2 aliphatic rings. The molecule has 1 fully saturated rings. The smallest absolute Gasteiger partial charge is 0.346 e. The van der Waals surface area contributed by atoms with E-state index in [1.54, 1.807) is 74.4 Å². The van der Waals surface area contributed by atoms with E-state index in [-0.39, 0.29) is 54.4 Å². The van der Waals surface area contributed by atoms with Gasteiger partial charge in [-0.25, -0.2) is 9.97 Å². The highest BCUT2D eigenvalue weighted by Crippen LogP contribution is 2.41. The molecule has 2 aliphatic heterocycles.